The van der Waals surface area contributed by atoms with E-state index in [9.17, 15) is 9.59 Å². The molecule has 9 heteroatoms. The number of pyridine rings is 1. The van der Waals surface area contributed by atoms with Gasteiger partial charge in [-0.1, -0.05) is 17.2 Å². The lowest BCUT2D eigenvalue weighted by molar-refractivity contribution is -0.124. The van der Waals surface area contributed by atoms with E-state index in [0.29, 0.717) is 40.5 Å². The van der Waals surface area contributed by atoms with Gasteiger partial charge < -0.3 is 19.1 Å². The third kappa shape index (κ3) is 3.47. The maximum Gasteiger partial charge on any atom is 0.339 e. The van der Waals surface area contributed by atoms with Crippen molar-refractivity contribution in [2.24, 2.45) is 0 Å². The summed E-state index contributed by atoms with van der Waals surface area (Å²) in [5.74, 6) is 0.0733. The van der Waals surface area contributed by atoms with Gasteiger partial charge in [-0.25, -0.2) is 9.78 Å². The van der Waals surface area contributed by atoms with Gasteiger partial charge in [-0.05, 0) is 39.2 Å². The third-order valence-electron chi connectivity index (χ3n) is 4.64. The number of aromatic nitrogens is 3. The lowest BCUT2D eigenvalue weighted by Gasteiger charge is -2.15. The fourth-order valence-electron chi connectivity index (χ4n) is 3.01. The zero-order valence-corrected chi connectivity index (χ0v) is 15.8. The van der Waals surface area contributed by atoms with E-state index >= 15 is 0 Å². The molecule has 0 saturated heterocycles. The first-order valence-corrected chi connectivity index (χ1v) is 9.18. The average molecular weight is 384 g/mol. The minimum absolute atomic E-state index is 0.272. The second kappa shape index (κ2) is 7.06. The molecule has 1 aliphatic rings. The number of hydrogen-bond donors (Lipinski definition) is 1. The van der Waals surface area contributed by atoms with Gasteiger partial charge in [0.25, 0.3) is 11.6 Å². The quantitative estimate of drug-likeness (QED) is 0.643. The van der Waals surface area contributed by atoms with Crippen LogP contribution in [0.2, 0.25) is 0 Å². The van der Waals surface area contributed by atoms with Crippen molar-refractivity contribution in [1.29, 1.82) is 0 Å². The van der Waals surface area contributed by atoms with E-state index in [4.69, 9.17) is 13.8 Å². The number of nitrogens with zero attached hydrogens (tertiary/aromatic N) is 3. The minimum Gasteiger partial charge on any atom is -0.449 e. The Morgan fingerprint density at radius 1 is 1.25 bits per heavy atom. The number of ether oxygens (including phenoxy) is 1. The van der Waals surface area contributed by atoms with Gasteiger partial charge in [-0.2, -0.15) is 0 Å². The Hall–Kier alpha value is -3.23. The molecule has 3 aromatic rings. The van der Waals surface area contributed by atoms with Gasteiger partial charge in [-0.15, -0.1) is 0 Å². The van der Waals surface area contributed by atoms with E-state index in [1.807, 2.05) is 0 Å². The van der Waals surface area contributed by atoms with Gasteiger partial charge in [0.2, 0.25) is 0 Å². The van der Waals surface area contributed by atoms with Crippen LogP contribution in [0.5, 0.6) is 0 Å². The Morgan fingerprint density at radius 3 is 2.68 bits per heavy atom. The Morgan fingerprint density at radius 2 is 2.04 bits per heavy atom. The molecule has 1 saturated carbocycles. The number of amides is 1. The molecule has 0 aromatic carbocycles. The highest BCUT2D eigenvalue weighted by Gasteiger charge is 2.30. The van der Waals surface area contributed by atoms with E-state index in [2.05, 4.69) is 20.6 Å². The summed E-state index contributed by atoms with van der Waals surface area (Å²) in [5, 5.41) is 10.7. The maximum atomic E-state index is 12.9. The summed E-state index contributed by atoms with van der Waals surface area (Å²) in [6.07, 6.45) is 1.38. The summed E-state index contributed by atoms with van der Waals surface area (Å²) in [4.78, 5) is 29.8. The molecule has 3 heterocycles. The normalized spacial score (nSPS) is 14.8. The Kier molecular flexibility index (Phi) is 4.58. The van der Waals surface area contributed by atoms with E-state index in [-0.39, 0.29) is 5.82 Å². The van der Waals surface area contributed by atoms with Crippen molar-refractivity contribution in [3.8, 4) is 0 Å². The fraction of sp³-hybridized carbons (Fsp3) is 0.421. The molecule has 0 aliphatic heterocycles. The molecule has 1 amide bonds. The Bertz CT molecular complexity index is 1050. The van der Waals surface area contributed by atoms with Crippen LogP contribution < -0.4 is 5.32 Å². The zero-order chi connectivity index (χ0) is 19.8. The van der Waals surface area contributed by atoms with Crippen LogP contribution in [0.25, 0.3) is 11.1 Å². The van der Waals surface area contributed by atoms with Gasteiger partial charge in [0, 0.05) is 17.7 Å². The zero-order valence-electron chi connectivity index (χ0n) is 15.8. The summed E-state index contributed by atoms with van der Waals surface area (Å²) >= 11 is 0. The van der Waals surface area contributed by atoms with Crippen LogP contribution in [0.1, 0.15) is 59.6 Å². The lowest BCUT2D eigenvalue weighted by Crippen LogP contribution is -2.32. The van der Waals surface area contributed by atoms with E-state index < -0.39 is 18.0 Å². The highest BCUT2D eigenvalue weighted by Crippen LogP contribution is 2.40. The predicted octanol–water partition coefficient (Wildman–Crippen LogP) is 3.28. The van der Waals surface area contributed by atoms with Gasteiger partial charge in [0.05, 0.1) is 16.6 Å². The van der Waals surface area contributed by atoms with Gasteiger partial charge in [0.15, 0.2) is 11.9 Å². The Labute approximate surface area is 160 Å². The molecule has 28 heavy (non-hydrogen) atoms. The van der Waals surface area contributed by atoms with E-state index in [1.54, 1.807) is 32.9 Å². The molecule has 0 radical (unpaired) electrons. The van der Waals surface area contributed by atoms with Crippen molar-refractivity contribution < 1.29 is 23.4 Å². The summed E-state index contributed by atoms with van der Waals surface area (Å²) in [6, 6.07) is 3.30. The molecule has 4 rings (SSSR count). The fourth-order valence-corrected chi connectivity index (χ4v) is 3.01. The number of anilines is 1. The Balaban J connectivity index is 1.58. The van der Waals surface area contributed by atoms with Crippen molar-refractivity contribution in [1.82, 2.24) is 15.3 Å². The van der Waals surface area contributed by atoms with Crippen LogP contribution in [0, 0.1) is 13.8 Å². The first-order chi connectivity index (χ1) is 13.5. The molecule has 3 aromatic heterocycles. The van der Waals surface area contributed by atoms with E-state index in [0.717, 1.165) is 18.5 Å². The molecule has 146 valence electrons. The highest BCUT2D eigenvalue weighted by molar-refractivity contribution is 6.04. The van der Waals surface area contributed by atoms with Gasteiger partial charge in [-0.3, -0.25) is 4.79 Å². The first kappa shape index (κ1) is 18.1. The monoisotopic (exact) mass is 384 g/mol. The molecule has 1 fully saturated rings. The lowest BCUT2D eigenvalue weighted by atomic mass is 10.1. The van der Waals surface area contributed by atoms with Gasteiger partial charge >= 0.3 is 5.97 Å². The number of nitrogens with one attached hydrogen (secondary N) is 1. The largest absolute Gasteiger partial charge is 0.449 e. The topological polar surface area (TPSA) is 120 Å². The molecule has 1 unspecified atom stereocenters. The van der Waals surface area contributed by atoms with Gasteiger partial charge in [0.1, 0.15) is 5.76 Å². The maximum absolute atomic E-state index is 12.9. The van der Waals surface area contributed by atoms with Crippen molar-refractivity contribution in [3.05, 3.63) is 34.8 Å². The molecule has 9 nitrogen and oxygen atoms in total. The molecule has 1 aliphatic carbocycles. The number of fused-ring (bicyclic) bond motifs is 1. The van der Waals surface area contributed by atoms with Crippen molar-refractivity contribution in [2.75, 3.05) is 5.32 Å². The van der Waals surface area contributed by atoms with Crippen LogP contribution in [-0.2, 0) is 9.53 Å². The molecule has 0 spiro atoms. The third-order valence-corrected chi connectivity index (χ3v) is 4.64. The van der Waals surface area contributed by atoms with E-state index in [1.165, 1.54) is 0 Å². The molecular weight excluding hydrogens is 364 g/mol. The highest BCUT2D eigenvalue weighted by atomic mass is 16.5. The number of rotatable bonds is 6. The average Bonchev–Trinajstić information content (AvgIpc) is 3.36. The first-order valence-electron chi connectivity index (χ1n) is 9.18. The van der Waals surface area contributed by atoms with Crippen LogP contribution in [0.3, 0.4) is 0 Å². The number of esters is 1. The summed E-state index contributed by atoms with van der Waals surface area (Å²) in [5.41, 5.74) is 1.96. The van der Waals surface area contributed by atoms with Crippen molar-refractivity contribution >= 4 is 28.8 Å². The smallest absolute Gasteiger partial charge is 0.339 e. The second-order valence-electron chi connectivity index (χ2n) is 6.93. The van der Waals surface area contributed by atoms with Crippen molar-refractivity contribution in [2.45, 2.75) is 52.1 Å². The molecule has 0 bridgehead atoms. The molecule has 1 atom stereocenters. The number of aryl methyl sites for hydroxylation is 2. The summed E-state index contributed by atoms with van der Waals surface area (Å²) in [7, 11) is 0. The van der Waals surface area contributed by atoms with Crippen LogP contribution in [0.4, 0.5) is 5.82 Å². The van der Waals surface area contributed by atoms with Crippen LogP contribution in [0.15, 0.2) is 21.2 Å². The number of hydrogen-bond acceptors (Lipinski definition) is 8. The minimum atomic E-state index is -0.975. The number of carbonyl (C=O) groups excluding carboxylic acids is 2. The standard InChI is InChI=1S/C19H20N4O5/c1-4-14(17(24)21-15-7-9(2)27-23-15)26-19(25)12-8-13(11-5-6-11)20-18-16(12)10(3)22-28-18/h7-8,11,14H,4-6H2,1-3H3,(H,21,23,24). The summed E-state index contributed by atoms with van der Waals surface area (Å²) in [6.45, 7) is 5.21. The van der Waals surface area contributed by atoms with Crippen molar-refractivity contribution in [3.63, 3.8) is 0 Å². The second-order valence-corrected chi connectivity index (χ2v) is 6.93. The SMILES string of the molecule is CCC(OC(=O)c1cc(C2CC2)nc2onc(C)c12)C(=O)Nc1cc(C)on1. The molecular formula is C19H20N4O5. The van der Waals surface area contributed by atoms with Crippen LogP contribution >= 0.6 is 0 Å². The summed E-state index contributed by atoms with van der Waals surface area (Å²) < 4.78 is 15.7. The molecule has 1 N–H and O–H groups in total. The van der Waals surface area contributed by atoms with Crippen LogP contribution in [-0.4, -0.2) is 33.3 Å². The predicted molar refractivity (Wildman–Crippen MR) is 97.9 cm³/mol. The number of carbonyl (C=O) groups is 2.